The van der Waals surface area contributed by atoms with Gasteiger partial charge in [-0.1, -0.05) is 42.5 Å². The standard InChI is InChI=1S/C26H29FN2O3/c1-18-25(22-8-5-9-23(27)14-22)26(21-6-3-2-4-7-21)29(28-18)15-19-10-12-20(13-11-19)16-32-17-24(30)31/h2-9,14,19-20H,10-13,15-17H2,1H3,(H,30,31)/t19-,20+. The van der Waals surface area contributed by atoms with E-state index in [4.69, 9.17) is 14.9 Å². The van der Waals surface area contributed by atoms with Gasteiger partial charge in [0.15, 0.2) is 0 Å². The number of ether oxygens (including phenoxy) is 1. The molecule has 168 valence electrons. The Kier molecular flexibility index (Phi) is 7.00. The molecule has 0 unspecified atom stereocenters. The van der Waals surface area contributed by atoms with Crippen LogP contribution in [0.3, 0.4) is 0 Å². The number of benzene rings is 2. The zero-order valence-electron chi connectivity index (χ0n) is 18.3. The summed E-state index contributed by atoms with van der Waals surface area (Å²) in [5.74, 6) is -0.262. The van der Waals surface area contributed by atoms with Crippen molar-refractivity contribution in [3.63, 3.8) is 0 Å². The Balaban J connectivity index is 1.55. The molecule has 4 rings (SSSR count). The Morgan fingerprint density at radius 3 is 2.44 bits per heavy atom. The van der Waals surface area contributed by atoms with Crippen LogP contribution in [0.1, 0.15) is 31.4 Å². The summed E-state index contributed by atoms with van der Waals surface area (Å²) in [5, 5.41) is 13.6. The fraction of sp³-hybridized carbons (Fsp3) is 0.385. The number of halogens is 1. The molecule has 1 aromatic heterocycles. The molecule has 3 aromatic rings. The lowest BCUT2D eigenvalue weighted by Crippen LogP contribution is -2.23. The number of rotatable bonds is 8. The lowest BCUT2D eigenvalue weighted by atomic mass is 9.82. The molecule has 32 heavy (non-hydrogen) atoms. The Hall–Kier alpha value is -2.99. The average Bonchev–Trinajstić information content (AvgIpc) is 3.11. The van der Waals surface area contributed by atoms with Crippen LogP contribution in [0.5, 0.6) is 0 Å². The smallest absolute Gasteiger partial charge is 0.329 e. The monoisotopic (exact) mass is 436 g/mol. The molecule has 1 aliphatic carbocycles. The third kappa shape index (κ3) is 5.25. The van der Waals surface area contributed by atoms with Crippen molar-refractivity contribution < 1.29 is 19.0 Å². The summed E-state index contributed by atoms with van der Waals surface area (Å²) in [5.41, 5.74) is 4.81. The number of aromatic nitrogens is 2. The van der Waals surface area contributed by atoms with Crippen LogP contribution in [0.2, 0.25) is 0 Å². The largest absolute Gasteiger partial charge is 0.480 e. The molecule has 1 fully saturated rings. The second kappa shape index (κ2) is 10.1. The van der Waals surface area contributed by atoms with Gasteiger partial charge in [-0.15, -0.1) is 0 Å². The van der Waals surface area contributed by atoms with E-state index in [2.05, 4.69) is 16.8 Å². The summed E-state index contributed by atoms with van der Waals surface area (Å²) >= 11 is 0. The summed E-state index contributed by atoms with van der Waals surface area (Å²) in [6.45, 7) is 3.08. The van der Waals surface area contributed by atoms with Gasteiger partial charge in [0, 0.05) is 17.7 Å². The highest BCUT2D eigenvalue weighted by Gasteiger charge is 2.25. The summed E-state index contributed by atoms with van der Waals surface area (Å²) < 4.78 is 21.4. The van der Waals surface area contributed by atoms with Crippen LogP contribution in [0.15, 0.2) is 54.6 Å². The lowest BCUT2D eigenvalue weighted by Gasteiger charge is -2.28. The molecule has 1 saturated carbocycles. The number of aryl methyl sites for hydroxylation is 1. The van der Waals surface area contributed by atoms with Crippen molar-refractivity contribution in [2.75, 3.05) is 13.2 Å². The van der Waals surface area contributed by atoms with Gasteiger partial charge in [0.05, 0.1) is 18.0 Å². The molecule has 0 radical (unpaired) electrons. The Labute approximate surface area is 187 Å². The van der Waals surface area contributed by atoms with E-state index in [9.17, 15) is 9.18 Å². The zero-order chi connectivity index (χ0) is 22.5. The summed E-state index contributed by atoms with van der Waals surface area (Å²) in [6.07, 6.45) is 4.18. The van der Waals surface area contributed by atoms with E-state index in [1.54, 1.807) is 12.1 Å². The number of hydrogen-bond acceptors (Lipinski definition) is 3. The molecular formula is C26H29FN2O3. The maximum absolute atomic E-state index is 14.0. The van der Waals surface area contributed by atoms with E-state index in [0.717, 1.165) is 60.3 Å². The third-order valence-corrected chi connectivity index (χ3v) is 6.26. The van der Waals surface area contributed by atoms with E-state index >= 15 is 0 Å². The second-order valence-corrected chi connectivity index (χ2v) is 8.66. The maximum atomic E-state index is 14.0. The number of carboxylic acids is 1. The van der Waals surface area contributed by atoms with Crippen LogP contribution in [-0.4, -0.2) is 34.1 Å². The van der Waals surface area contributed by atoms with Gasteiger partial charge >= 0.3 is 5.97 Å². The van der Waals surface area contributed by atoms with E-state index in [1.165, 1.54) is 6.07 Å². The molecule has 0 spiro atoms. The van der Waals surface area contributed by atoms with Crippen molar-refractivity contribution >= 4 is 5.97 Å². The van der Waals surface area contributed by atoms with Gasteiger partial charge in [0.1, 0.15) is 12.4 Å². The average molecular weight is 437 g/mol. The molecule has 5 nitrogen and oxygen atoms in total. The van der Waals surface area contributed by atoms with E-state index in [0.29, 0.717) is 18.4 Å². The highest BCUT2D eigenvalue weighted by molar-refractivity contribution is 5.83. The highest BCUT2D eigenvalue weighted by atomic mass is 19.1. The minimum atomic E-state index is -0.921. The van der Waals surface area contributed by atoms with Crippen molar-refractivity contribution in [2.24, 2.45) is 11.8 Å². The molecule has 1 heterocycles. The van der Waals surface area contributed by atoms with Crippen molar-refractivity contribution in [3.8, 4) is 22.4 Å². The maximum Gasteiger partial charge on any atom is 0.329 e. The minimum Gasteiger partial charge on any atom is -0.480 e. The van der Waals surface area contributed by atoms with E-state index in [-0.39, 0.29) is 12.4 Å². The first kappa shape index (κ1) is 22.2. The topological polar surface area (TPSA) is 64.4 Å². The summed E-state index contributed by atoms with van der Waals surface area (Å²) in [6, 6.07) is 16.9. The van der Waals surface area contributed by atoms with Crippen molar-refractivity contribution in [1.82, 2.24) is 9.78 Å². The quantitative estimate of drug-likeness (QED) is 0.501. The summed E-state index contributed by atoms with van der Waals surface area (Å²) in [4.78, 5) is 10.6. The fourth-order valence-electron chi connectivity index (χ4n) is 4.73. The zero-order valence-corrected chi connectivity index (χ0v) is 18.3. The SMILES string of the molecule is Cc1nn(C[C@H]2CC[C@@H](COCC(=O)O)CC2)c(-c2ccccc2)c1-c1cccc(F)c1. The minimum absolute atomic E-state index is 0.226. The Morgan fingerprint density at radius 2 is 1.75 bits per heavy atom. The summed E-state index contributed by atoms with van der Waals surface area (Å²) in [7, 11) is 0. The number of nitrogens with zero attached hydrogens (tertiary/aromatic N) is 2. The van der Waals surface area contributed by atoms with Crippen molar-refractivity contribution in [3.05, 3.63) is 66.1 Å². The molecule has 0 bridgehead atoms. The molecule has 0 aliphatic heterocycles. The molecule has 1 N–H and O–H groups in total. The van der Waals surface area contributed by atoms with Gasteiger partial charge in [-0.25, -0.2) is 9.18 Å². The van der Waals surface area contributed by atoms with Gasteiger partial charge in [-0.2, -0.15) is 5.10 Å². The van der Waals surface area contributed by atoms with Gasteiger partial charge < -0.3 is 9.84 Å². The third-order valence-electron chi connectivity index (χ3n) is 6.26. The molecular weight excluding hydrogens is 407 g/mol. The van der Waals surface area contributed by atoms with Crippen LogP contribution in [0.4, 0.5) is 4.39 Å². The molecule has 6 heteroatoms. The van der Waals surface area contributed by atoms with E-state index in [1.807, 2.05) is 31.2 Å². The van der Waals surface area contributed by atoms with E-state index < -0.39 is 5.97 Å². The predicted octanol–water partition coefficient (Wildman–Crippen LogP) is 5.57. The van der Waals surface area contributed by atoms with Gasteiger partial charge in [-0.05, 0) is 62.1 Å². The van der Waals surface area contributed by atoms with Crippen LogP contribution in [0.25, 0.3) is 22.4 Å². The van der Waals surface area contributed by atoms with Crippen LogP contribution < -0.4 is 0 Å². The normalized spacial score (nSPS) is 18.6. The number of carboxylic acid groups (broad SMARTS) is 1. The van der Waals surface area contributed by atoms with Gasteiger partial charge in [0.2, 0.25) is 0 Å². The van der Waals surface area contributed by atoms with Gasteiger partial charge in [0.25, 0.3) is 0 Å². The van der Waals surface area contributed by atoms with Crippen molar-refractivity contribution in [1.29, 1.82) is 0 Å². The molecule has 0 amide bonds. The van der Waals surface area contributed by atoms with Gasteiger partial charge in [-0.3, -0.25) is 4.68 Å². The number of aliphatic carboxylic acids is 1. The lowest BCUT2D eigenvalue weighted by molar-refractivity contribution is -0.142. The first-order valence-electron chi connectivity index (χ1n) is 11.2. The van der Waals surface area contributed by atoms with Crippen LogP contribution in [-0.2, 0) is 16.1 Å². The number of carbonyl (C=O) groups is 1. The number of hydrogen-bond donors (Lipinski definition) is 1. The Bertz CT molecular complexity index is 1060. The Morgan fingerprint density at radius 1 is 1.06 bits per heavy atom. The molecule has 0 atom stereocenters. The first-order chi connectivity index (χ1) is 15.5. The fourth-order valence-corrected chi connectivity index (χ4v) is 4.73. The first-order valence-corrected chi connectivity index (χ1v) is 11.2. The molecule has 0 saturated heterocycles. The predicted molar refractivity (Wildman–Crippen MR) is 122 cm³/mol. The van der Waals surface area contributed by atoms with Crippen molar-refractivity contribution in [2.45, 2.75) is 39.2 Å². The van der Waals surface area contributed by atoms with Crippen LogP contribution >= 0.6 is 0 Å². The highest BCUT2D eigenvalue weighted by Crippen LogP contribution is 2.37. The molecule has 1 aliphatic rings. The second-order valence-electron chi connectivity index (χ2n) is 8.66. The van der Waals surface area contributed by atoms with Crippen LogP contribution in [0, 0.1) is 24.6 Å². The molecule has 2 aromatic carbocycles.